The molecule has 2 N–H and O–H groups in total. The first-order chi connectivity index (χ1) is 10.1. The molecule has 2 amide bonds. The number of urea groups is 1. The van der Waals surface area contributed by atoms with E-state index >= 15 is 0 Å². The van der Waals surface area contributed by atoms with Crippen LogP contribution in [0.3, 0.4) is 0 Å². The number of aromatic nitrogens is 2. The van der Waals surface area contributed by atoms with E-state index in [1.54, 1.807) is 0 Å². The van der Waals surface area contributed by atoms with Crippen LogP contribution < -0.4 is 20.1 Å². The SMILES string of the molecule is COc1ncc(NC(=O)Nc2ccc(F)cc2)c(OC)n1. The molecule has 2 aromatic rings. The van der Waals surface area contributed by atoms with Gasteiger partial charge in [0.2, 0.25) is 5.88 Å². The second kappa shape index (κ2) is 6.51. The molecule has 0 aliphatic rings. The smallest absolute Gasteiger partial charge is 0.323 e. The maximum Gasteiger partial charge on any atom is 0.323 e. The quantitative estimate of drug-likeness (QED) is 0.903. The zero-order valence-electron chi connectivity index (χ0n) is 11.4. The van der Waals surface area contributed by atoms with Crippen LogP contribution in [-0.4, -0.2) is 30.2 Å². The Morgan fingerprint density at radius 2 is 1.86 bits per heavy atom. The van der Waals surface area contributed by atoms with Crippen LogP contribution in [0.1, 0.15) is 0 Å². The highest BCUT2D eigenvalue weighted by atomic mass is 19.1. The number of ether oxygens (including phenoxy) is 2. The lowest BCUT2D eigenvalue weighted by atomic mass is 10.3. The summed E-state index contributed by atoms with van der Waals surface area (Å²) in [6.07, 6.45) is 1.36. The molecule has 0 atom stereocenters. The van der Waals surface area contributed by atoms with E-state index in [-0.39, 0.29) is 23.4 Å². The van der Waals surface area contributed by atoms with Crippen molar-refractivity contribution in [1.29, 1.82) is 0 Å². The highest BCUT2D eigenvalue weighted by Gasteiger charge is 2.11. The lowest BCUT2D eigenvalue weighted by molar-refractivity contribution is 0.262. The third kappa shape index (κ3) is 3.78. The fourth-order valence-electron chi connectivity index (χ4n) is 1.51. The summed E-state index contributed by atoms with van der Waals surface area (Å²) in [6.45, 7) is 0. The number of hydrogen-bond donors (Lipinski definition) is 2. The Hall–Kier alpha value is -2.90. The molecule has 7 nitrogen and oxygen atoms in total. The van der Waals surface area contributed by atoms with Crippen molar-refractivity contribution in [2.24, 2.45) is 0 Å². The second-order valence-corrected chi connectivity index (χ2v) is 3.87. The fourth-order valence-corrected chi connectivity index (χ4v) is 1.51. The van der Waals surface area contributed by atoms with Gasteiger partial charge in [0.05, 0.1) is 20.4 Å². The molecular formula is C13H13FN4O3. The van der Waals surface area contributed by atoms with Gasteiger partial charge in [-0.3, -0.25) is 0 Å². The number of halogens is 1. The van der Waals surface area contributed by atoms with Gasteiger partial charge >= 0.3 is 12.0 Å². The first-order valence-corrected chi connectivity index (χ1v) is 5.91. The topological polar surface area (TPSA) is 85.4 Å². The number of hydrogen-bond acceptors (Lipinski definition) is 5. The molecule has 1 aromatic heterocycles. The largest absolute Gasteiger partial charge is 0.479 e. The number of nitrogens with one attached hydrogen (secondary N) is 2. The van der Waals surface area contributed by atoms with E-state index in [1.807, 2.05) is 0 Å². The second-order valence-electron chi connectivity index (χ2n) is 3.87. The van der Waals surface area contributed by atoms with Gasteiger partial charge in [0.25, 0.3) is 0 Å². The monoisotopic (exact) mass is 292 g/mol. The average molecular weight is 292 g/mol. The number of anilines is 2. The van der Waals surface area contributed by atoms with E-state index < -0.39 is 6.03 Å². The lowest BCUT2D eigenvalue weighted by Crippen LogP contribution is -2.20. The first kappa shape index (κ1) is 14.5. The number of methoxy groups -OCH3 is 2. The molecule has 1 heterocycles. The molecule has 0 aliphatic heterocycles. The van der Waals surface area contributed by atoms with Crippen LogP contribution in [0.25, 0.3) is 0 Å². The Kier molecular flexibility index (Phi) is 4.50. The molecular weight excluding hydrogens is 279 g/mol. The maximum atomic E-state index is 12.8. The summed E-state index contributed by atoms with van der Waals surface area (Å²) in [6, 6.07) is 4.96. The van der Waals surface area contributed by atoms with E-state index in [0.29, 0.717) is 5.69 Å². The van der Waals surface area contributed by atoms with Crippen molar-refractivity contribution in [3.05, 3.63) is 36.3 Å². The molecule has 110 valence electrons. The molecule has 21 heavy (non-hydrogen) atoms. The van der Waals surface area contributed by atoms with Crippen molar-refractivity contribution in [3.63, 3.8) is 0 Å². The number of amides is 2. The van der Waals surface area contributed by atoms with E-state index in [1.165, 1.54) is 44.7 Å². The first-order valence-electron chi connectivity index (χ1n) is 5.91. The van der Waals surface area contributed by atoms with E-state index in [4.69, 9.17) is 9.47 Å². The minimum Gasteiger partial charge on any atom is -0.479 e. The number of nitrogens with zero attached hydrogens (tertiary/aromatic N) is 2. The third-order valence-electron chi connectivity index (χ3n) is 2.46. The minimum absolute atomic E-state index is 0.122. The third-order valence-corrected chi connectivity index (χ3v) is 2.46. The summed E-state index contributed by atoms with van der Waals surface area (Å²) >= 11 is 0. The molecule has 1 aromatic carbocycles. The highest BCUT2D eigenvalue weighted by molar-refractivity contribution is 6.00. The van der Waals surface area contributed by atoms with Crippen molar-refractivity contribution in [3.8, 4) is 11.9 Å². The number of benzene rings is 1. The Bertz CT molecular complexity index is 634. The predicted octanol–water partition coefficient (Wildman–Crippen LogP) is 2.28. The molecule has 2 rings (SSSR count). The van der Waals surface area contributed by atoms with Gasteiger partial charge in [0.1, 0.15) is 11.5 Å². The summed E-state index contributed by atoms with van der Waals surface area (Å²) in [5, 5.41) is 5.06. The van der Waals surface area contributed by atoms with Gasteiger partial charge in [-0.15, -0.1) is 0 Å². The molecule has 0 saturated heterocycles. The van der Waals surface area contributed by atoms with Gasteiger partial charge in [-0.2, -0.15) is 4.98 Å². The van der Waals surface area contributed by atoms with Crippen LogP contribution in [0.15, 0.2) is 30.5 Å². The molecule has 0 spiro atoms. The van der Waals surface area contributed by atoms with Crippen LogP contribution in [0.4, 0.5) is 20.6 Å². The molecule has 0 unspecified atom stereocenters. The lowest BCUT2D eigenvalue weighted by Gasteiger charge is -2.10. The number of carbonyl (C=O) groups excluding carboxylic acids is 1. The van der Waals surface area contributed by atoms with Crippen LogP contribution in [-0.2, 0) is 0 Å². The summed E-state index contributed by atoms with van der Waals surface area (Å²) in [5.74, 6) is -0.220. The van der Waals surface area contributed by atoms with Crippen molar-refractivity contribution < 1.29 is 18.7 Å². The van der Waals surface area contributed by atoms with Crippen LogP contribution in [0.2, 0.25) is 0 Å². The Labute approximate surface area is 120 Å². The normalized spacial score (nSPS) is 9.86. The van der Waals surface area contributed by atoms with Crippen molar-refractivity contribution >= 4 is 17.4 Å². The summed E-state index contributed by atoms with van der Waals surface area (Å²) < 4.78 is 22.7. The Morgan fingerprint density at radius 3 is 2.48 bits per heavy atom. The molecule has 0 bridgehead atoms. The van der Waals surface area contributed by atoms with Crippen molar-refractivity contribution in [2.45, 2.75) is 0 Å². The summed E-state index contributed by atoms with van der Waals surface area (Å²) in [7, 11) is 2.83. The highest BCUT2D eigenvalue weighted by Crippen LogP contribution is 2.22. The maximum absolute atomic E-state index is 12.8. The minimum atomic E-state index is -0.534. The van der Waals surface area contributed by atoms with Gasteiger partial charge in [0.15, 0.2) is 0 Å². The van der Waals surface area contributed by atoms with Gasteiger partial charge in [-0.25, -0.2) is 14.2 Å². The van der Waals surface area contributed by atoms with E-state index in [0.717, 1.165) is 0 Å². The van der Waals surface area contributed by atoms with Gasteiger partial charge in [-0.05, 0) is 24.3 Å². The van der Waals surface area contributed by atoms with Crippen molar-refractivity contribution in [2.75, 3.05) is 24.9 Å². The van der Waals surface area contributed by atoms with Crippen LogP contribution >= 0.6 is 0 Å². The number of rotatable bonds is 4. The average Bonchev–Trinajstić information content (AvgIpc) is 2.50. The Morgan fingerprint density at radius 1 is 1.14 bits per heavy atom. The zero-order valence-corrected chi connectivity index (χ0v) is 11.4. The van der Waals surface area contributed by atoms with E-state index in [9.17, 15) is 9.18 Å². The predicted molar refractivity (Wildman–Crippen MR) is 74.2 cm³/mol. The van der Waals surface area contributed by atoms with Gasteiger partial charge < -0.3 is 20.1 Å². The summed E-state index contributed by atoms with van der Waals surface area (Å²) in [5.41, 5.74) is 0.722. The molecule has 0 radical (unpaired) electrons. The van der Waals surface area contributed by atoms with Gasteiger partial charge in [-0.1, -0.05) is 0 Å². The molecule has 0 aliphatic carbocycles. The van der Waals surface area contributed by atoms with Gasteiger partial charge in [0, 0.05) is 5.69 Å². The fraction of sp³-hybridized carbons (Fsp3) is 0.154. The number of carbonyl (C=O) groups is 1. The van der Waals surface area contributed by atoms with Crippen molar-refractivity contribution in [1.82, 2.24) is 9.97 Å². The summed E-state index contributed by atoms with van der Waals surface area (Å²) in [4.78, 5) is 19.6. The standard InChI is InChI=1S/C13H13FN4O3/c1-20-11-10(7-15-13(18-11)21-2)17-12(19)16-9-5-3-8(14)4-6-9/h3-7H,1-2H3,(H2,16,17,19). The molecule has 0 fully saturated rings. The Balaban J connectivity index is 2.07. The van der Waals surface area contributed by atoms with Crippen LogP contribution in [0, 0.1) is 5.82 Å². The van der Waals surface area contributed by atoms with E-state index in [2.05, 4.69) is 20.6 Å². The van der Waals surface area contributed by atoms with Crippen LogP contribution in [0.5, 0.6) is 11.9 Å². The molecule has 0 saturated carbocycles. The molecule has 8 heteroatoms. The zero-order chi connectivity index (χ0) is 15.2.